The summed E-state index contributed by atoms with van der Waals surface area (Å²) in [6.45, 7) is 2.80. The maximum atomic E-state index is 12.6. The van der Waals surface area contributed by atoms with Crippen molar-refractivity contribution < 1.29 is 14.7 Å². The van der Waals surface area contributed by atoms with Crippen molar-refractivity contribution in [1.82, 2.24) is 0 Å². The third kappa shape index (κ3) is 2.48. The zero-order valence-electron chi connectivity index (χ0n) is 12.1. The number of carbonyl (C=O) groups is 2. The monoisotopic (exact) mass is 288 g/mol. The van der Waals surface area contributed by atoms with Gasteiger partial charge in [0, 0.05) is 6.54 Å². The molecule has 1 fully saturated rings. The Balaban J connectivity index is 1.88. The fraction of sp³-hybridized carbons (Fsp3) is 0.500. The smallest absolute Gasteiger partial charge is 0.335 e. The van der Waals surface area contributed by atoms with Gasteiger partial charge >= 0.3 is 5.97 Å². The third-order valence-electron chi connectivity index (χ3n) is 4.84. The average Bonchev–Trinajstić information content (AvgIpc) is 2.60. The zero-order valence-corrected chi connectivity index (χ0v) is 12.1. The molecule has 0 unspecified atom stereocenters. The fourth-order valence-corrected chi connectivity index (χ4v) is 3.25. The van der Waals surface area contributed by atoms with Crippen molar-refractivity contribution in [3.8, 4) is 0 Å². The number of carboxylic acids is 1. The van der Waals surface area contributed by atoms with E-state index < -0.39 is 5.97 Å². The van der Waals surface area contributed by atoms with Crippen LogP contribution in [0.15, 0.2) is 18.2 Å². The van der Waals surface area contributed by atoms with Gasteiger partial charge in [0.25, 0.3) is 0 Å². The van der Waals surface area contributed by atoms with E-state index in [9.17, 15) is 9.59 Å². The predicted octanol–water partition coefficient (Wildman–Crippen LogP) is 2.95. The van der Waals surface area contributed by atoms with Gasteiger partial charge in [0.15, 0.2) is 0 Å². The van der Waals surface area contributed by atoms with Gasteiger partial charge in [-0.05, 0) is 49.8 Å². The lowest BCUT2D eigenvalue weighted by Crippen LogP contribution is -2.42. The molecule has 1 spiro atoms. The average molecular weight is 288 g/mol. The number of amides is 1. The molecule has 1 aliphatic carbocycles. The standard InChI is InChI=1S/C16H20N2O3/c1-10-4-6-16(7-5-10)9-17-13-8-11(14(19)20)2-3-12(13)18-15(16)21/h2-3,8,10,17H,4-7,9H2,1H3,(H,18,21)(H,19,20). The minimum atomic E-state index is -0.962. The Morgan fingerprint density at radius 1 is 1.29 bits per heavy atom. The van der Waals surface area contributed by atoms with Crippen LogP contribution in [0.1, 0.15) is 43.0 Å². The molecule has 2 aliphatic rings. The van der Waals surface area contributed by atoms with Crippen molar-refractivity contribution in [2.24, 2.45) is 11.3 Å². The Morgan fingerprint density at radius 2 is 2.00 bits per heavy atom. The Hall–Kier alpha value is -2.04. The van der Waals surface area contributed by atoms with E-state index in [0.29, 0.717) is 23.8 Å². The normalized spacial score (nSPS) is 28.2. The second-order valence-corrected chi connectivity index (χ2v) is 6.34. The van der Waals surface area contributed by atoms with E-state index in [1.165, 1.54) is 6.07 Å². The van der Waals surface area contributed by atoms with Gasteiger partial charge in [0.2, 0.25) is 5.91 Å². The van der Waals surface area contributed by atoms with Crippen molar-refractivity contribution >= 4 is 23.3 Å². The fourth-order valence-electron chi connectivity index (χ4n) is 3.25. The molecular weight excluding hydrogens is 268 g/mol. The number of benzene rings is 1. The Labute approximate surface area is 123 Å². The molecule has 112 valence electrons. The van der Waals surface area contributed by atoms with E-state index in [-0.39, 0.29) is 16.9 Å². The molecule has 0 bridgehead atoms. The lowest BCUT2D eigenvalue weighted by atomic mass is 9.70. The summed E-state index contributed by atoms with van der Waals surface area (Å²) in [7, 11) is 0. The summed E-state index contributed by atoms with van der Waals surface area (Å²) >= 11 is 0. The first-order valence-corrected chi connectivity index (χ1v) is 7.43. The van der Waals surface area contributed by atoms with Crippen LogP contribution in [0, 0.1) is 11.3 Å². The van der Waals surface area contributed by atoms with Gasteiger partial charge in [-0.2, -0.15) is 0 Å². The number of fused-ring (bicyclic) bond motifs is 1. The molecule has 1 aromatic rings. The van der Waals surface area contributed by atoms with E-state index in [1.54, 1.807) is 12.1 Å². The summed E-state index contributed by atoms with van der Waals surface area (Å²) in [5.41, 5.74) is 1.22. The van der Waals surface area contributed by atoms with Gasteiger partial charge < -0.3 is 15.7 Å². The Morgan fingerprint density at radius 3 is 2.67 bits per heavy atom. The van der Waals surface area contributed by atoms with Crippen LogP contribution in [0.3, 0.4) is 0 Å². The van der Waals surface area contributed by atoms with Gasteiger partial charge in [-0.1, -0.05) is 6.92 Å². The summed E-state index contributed by atoms with van der Waals surface area (Å²) in [6.07, 6.45) is 3.89. The maximum Gasteiger partial charge on any atom is 0.335 e. The molecule has 3 N–H and O–H groups in total. The summed E-state index contributed by atoms with van der Waals surface area (Å²) in [5.74, 6) is -0.229. The first-order valence-electron chi connectivity index (χ1n) is 7.43. The van der Waals surface area contributed by atoms with E-state index in [4.69, 9.17) is 5.11 Å². The molecule has 5 heteroatoms. The molecule has 1 saturated carbocycles. The molecule has 0 atom stereocenters. The molecule has 1 aromatic carbocycles. The highest BCUT2D eigenvalue weighted by Crippen LogP contribution is 2.42. The SMILES string of the molecule is CC1CCC2(CC1)CNc1cc(C(=O)O)ccc1NC2=O. The van der Waals surface area contributed by atoms with Crippen LogP contribution in [-0.4, -0.2) is 23.5 Å². The second kappa shape index (κ2) is 5.06. The molecule has 21 heavy (non-hydrogen) atoms. The number of carboxylic acid groups (broad SMARTS) is 1. The number of carbonyl (C=O) groups excluding carboxylic acids is 1. The van der Waals surface area contributed by atoms with Crippen LogP contribution in [0.5, 0.6) is 0 Å². The van der Waals surface area contributed by atoms with Gasteiger partial charge in [-0.3, -0.25) is 4.79 Å². The minimum absolute atomic E-state index is 0.0590. The quantitative estimate of drug-likeness (QED) is 0.742. The number of anilines is 2. The molecule has 0 saturated heterocycles. The maximum absolute atomic E-state index is 12.6. The summed E-state index contributed by atoms with van der Waals surface area (Å²) < 4.78 is 0. The van der Waals surface area contributed by atoms with Gasteiger partial charge in [0.05, 0.1) is 22.4 Å². The summed E-state index contributed by atoms with van der Waals surface area (Å²) in [4.78, 5) is 23.7. The van der Waals surface area contributed by atoms with Crippen molar-refractivity contribution in [2.45, 2.75) is 32.6 Å². The summed E-state index contributed by atoms with van der Waals surface area (Å²) in [6, 6.07) is 4.76. The predicted molar refractivity (Wildman–Crippen MR) is 80.6 cm³/mol. The molecule has 0 aromatic heterocycles. The Kier molecular flexibility index (Phi) is 3.35. The molecular formula is C16H20N2O3. The number of aromatic carboxylic acids is 1. The zero-order chi connectivity index (χ0) is 15.0. The molecule has 0 radical (unpaired) electrons. The van der Waals surface area contributed by atoms with Crippen molar-refractivity contribution in [3.05, 3.63) is 23.8 Å². The molecule has 5 nitrogen and oxygen atoms in total. The molecule has 1 amide bonds. The lowest BCUT2D eigenvalue weighted by molar-refractivity contribution is -0.126. The topological polar surface area (TPSA) is 78.4 Å². The van der Waals surface area contributed by atoms with E-state index in [2.05, 4.69) is 17.6 Å². The second-order valence-electron chi connectivity index (χ2n) is 6.34. The van der Waals surface area contributed by atoms with Gasteiger partial charge in [-0.15, -0.1) is 0 Å². The highest BCUT2D eigenvalue weighted by atomic mass is 16.4. The summed E-state index contributed by atoms with van der Waals surface area (Å²) in [5, 5.41) is 15.3. The van der Waals surface area contributed by atoms with Crippen LogP contribution >= 0.6 is 0 Å². The number of nitrogens with one attached hydrogen (secondary N) is 2. The van der Waals surface area contributed by atoms with Gasteiger partial charge in [-0.25, -0.2) is 4.79 Å². The van der Waals surface area contributed by atoms with Crippen molar-refractivity contribution in [3.63, 3.8) is 0 Å². The van der Waals surface area contributed by atoms with E-state index in [1.807, 2.05) is 0 Å². The molecule has 1 aliphatic heterocycles. The first-order chi connectivity index (χ1) is 10.00. The Bertz CT molecular complexity index is 589. The molecule has 1 heterocycles. The van der Waals surface area contributed by atoms with Gasteiger partial charge in [0.1, 0.15) is 0 Å². The lowest BCUT2D eigenvalue weighted by Gasteiger charge is -2.36. The highest BCUT2D eigenvalue weighted by molar-refractivity contribution is 6.01. The molecule has 3 rings (SSSR count). The van der Waals surface area contributed by atoms with Crippen molar-refractivity contribution in [2.75, 3.05) is 17.2 Å². The minimum Gasteiger partial charge on any atom is -0.478 e. The third-order valence-corrected chi connectivity index (χ3v) is 4.84. The number of hydrogen-bond acceptors (Lipinski definition) is 3. The van der Waals surface area contributed by atoms with Crippen molar-refractivity contribution in [1.29, 1.82) is 0 Å². The van der Waals surface area contributed by atoms with Crippen LogP contribution in [-0.2, 0) is 4.79 Å². The van der Waals surface area contributed by atoms with Crippen LogP contribution in [0.2, 0.25) is 0 Å². The van der Waals surface area contributed by atoms with Crippen LogP contribution < -0.4 is 10.6 Å². The highest BCUT2D eigenvalue weighted by Gasteiger charge is 2.42. The van der Waals surface area contributed by atoms with E-state index >= 15 is 0 Å². The number of rotatable bonds is 1. The van der Waals surface area contributed by atoms with Crippen LogP contribution in [0.25, 0.3) is 0 Å². The first kappa shape index (κ1) is 13.9. The van der Waals surface area contributed by atoms with Crippen LogP contribution in [0.4, 0.5) is 11.4 Å². The number of hydrogen-bond donors (Lipinski definition) is 3. The van der Waals surface area contributed by atoms with E-state index in [0.717, 1.165) is 25.7 Å². The largest absolute Gasteiger partial charge is 0.478 e.